The summed E-state index contributed by atoms with van der Waals surface area (Å²) in [5.74, 6) is 2.33. The number of nitrogens with two attached hydrogens (primary N) is 2. The van der Waals surface area contributed by atoms with Crippen molar-refractivity contribution in [2.24, 2.45) is 23.3 Å². The van der Waals surface area contributed by atoms with E-state index in [2.05, 4.69) is 65.5 Å². The van der Waals surface area contributed by atoms with E-state index in [0.29, 0.717) is 5.92 Å². The molecule has 8 heteroatoms. The van der Waals surface area contributed by atoms with Crippen molar-refractivity contribution in [1.82, 2.24) is 15.4 Å². The number of nitrogens with zero attached hydrogens (tertiary/aromatic N) is 3. The molecular weight excluding hydrogens is 432 g/mol. The minimum atomic E-state index is -0.111. The number of hydrogen-bond donors (Lipinski definition) is 3. The zero-order valence-electron chi connectivity index (χ0n) is 19.7. The van der Waals surface area contributed by atoms with Crippen LogP contribution in [0.3, 0.4) is 0 Å². The fraction of sp³-hybridized carbons (Fsp3) is 0.400. The Kier molecular flexibility index (Phi) is 7.29. The van der Waals surface area contributed by atoms with Crippen LogP contribution in [0.4, 0.5) is 5.69 Å². The number of benzene rings is 1. The Morgan fingerprint density at radius 2 is 1.94 bits per heavy atom. The van der Waals surface area contributed by atoms with Gasteiger partial charge in [-0.2, -0.15) is 0 Å². The van der Waals surface area contributed by atoms with Gasteiger partial charge in [-0.1, -0.05) is 26.0 Å². The predicted octanol–water partition coefficient (Wildman–Crippen LogP) is 3.27. The summed E-state index contributed by atoms with van der Waals surface area (Å²) in [5, 5.41) is 2.16. The highest BCUT2D eigenvalue weighted by Gasteiger charge is 2.41. The second-order valence-electron chi connectivity index (χ2n) is 8.89. The van der Waals surface area contributed by atoms with Crippen LogP contribution in [0.1, 0.15) is 19.4 Å². The van der Waals surface area contributed by atoms with Gasteiger partial charge in [0.05, 0.1) is 7.11 Å². The highest BCUT2D eigenvalue weighted by molar-refractivity contribution is 7.99. The normalized spacial score (nSPS) is 25.8. The van der Waals surface area contributed by atoms with E-state index in [1.807, 2.05) is 42.2 Å². The number of hydrogen-bond acceptors (Lipinski definition) is 8. The topological polar surface area (TPSA) is 92.7 Å². The maximum atomic E-state index is 6.55. The van der Waals surface area contributed by atoms with Crippen LogP contribution in [0.25, 0.3) is 0 Å². The lowest BCUT2D eigenvalue weighted by Crippen LogP contribution is -2.44. The van der Waals surface area contributed by atoms with Crippen molar-refractivity contribution in [3.63, 3.8) is 0 Å². The van der Waals surface area contributed by atoms with Gasteiger partial charge in [0.25, 0.3) is 0 Å². The van der Waals surface area contributed by atoms with Gasteiger partial charge in [0, 0.05) is 48.2 Å². The summed E-state index contributed by atoms with van der Waals surface area (Å²) < 4.78 is 5.39. The second kappa shape index (κ2) is 10.2. The predicted molar refractivity (Wildman–Crippen MR) is 136 cm³/mol. The van der Waals surface area contributed by atoms with Gasteiger partial charge in [-0.15, -0.1) is 11.8 Å². The summed E-state index contributed by atoms with van der Waals surface area (Å²) >= 11 is 1.84. The molecule has 4 rings (SSSR count). The molecule has 2 aromatic rings. The Morgan fingerprint density at radius 3 is 2.58 bits per heavy atom. The molecule has 5 N–H and O–H groups in total. The molecule has 176 valence electrons. The van der Waals surface area contributed by atoms with E-state index in [4.69, 9.17) is 16.2 Å². The Balaban J connectivity index is 1.69. The Bertz CT molecular complexity index is 994. The van der Waals surface area contributed by atoms with Crippen LogP contribution >= 0.6 is 11.8 Å². The van der Waals surface area contributed by atoms with Crippen molar-refractivity contribution in [3.05, 3.63) is 77.8 Å². The fourth-order valence-electron chi connectivity index (χ4n) is 4.44. The number of pyridine rings is 1. The summed E-state index contributed by atoms with van der Waals surface area (Å²) in [4.78, 5) is 6.64. The first kappa shape index (κ1) is 23.6. The molecule has 2 aliphatic rings. The molecule has 0 spiro atoms. The van der Waals surface area contributed by atoms with E-state index < -0.39 is 0 Å². The molecule has 4 unspecified atom stereocenters. The molecule has 1 aromatic carbocycles. The van der Waals surface area contributed by atoms with E-state index in [-0.39, 0.29) is 23.6 Å². The van der Waals surface area contributed by atoms with Gasteiger partial charge in [0.15, 0.2) is 0 Å². The Hall–Kier alpha value is -2.52. The fourth-order valence-corrected chi connectivity index (χ4v) is 5.65. The number of hydrazine groups is 1. The molecule has 0 amide bonds. The Morgan fingerprint density at radius 1 is 1.18 bits per heavy atom. The van der Waals surface area contributed by atoms with Crippen molar-refractivity contribution in [1.29, 1.82) is 0 Å². The first-order valence-electron chi connectivity index (χ1n) is 11.3. The van der Waals surface area contributed by atoms with Gasteiger partial charge in [0.1, 0.15) is 17.4 Å². The Labute approximate surface area is 200 Å². The maximum absolute atomic E-state index is 6.55. The quantitative estimate of drug-likeness (QED) is 0.573. The van der Waals surface area contributed by atoms with Gasteiger partial charge >= 0.3 is 0 Å². The summed E-state index contributed by atoms with van der Waals surface area (Å²) in [6.45, 7) is 4.41. The average molecular weight is 467 g/mol. The summed E-state index contributed by atoms with van der Waals surface area (Å²) in [6.07, 6.45) is 7.88. The van der Waals surface area contributed by atoms with E-state index >= 15 is 0 Å². The van der Waals surface area contributed by atoms with E-state index in [0.717, 1.165) is 28.5 Å². The summed E-state index contributed by atoms with van der Waals surface area (Å²) in [5.41, 5.74) is 20.7. The van der Waals surface area contributed by atoms with Crippen molar-refractivity contribution >= 4 is 17.4 Å². The lowest BCUT2D eigenvalue weighted by Gasteiger charge is -2.35. The number of anilines is 1. The first-order chi connectivity index (χ1) is 15.9. The molecule has 0 bridgehead atoms. The minimum Gasteiger partial charge on any atom is -0.497 e. The number of nitrogens with one attached hydrogen (secondary N) is 1. The molecule has 0 saturated carbocycles. The highest BCUT2D eigenvalue weighted by Crippen LogP contribution is 2.38. The standard InChI is InChI=1S/C25H34N6OS/c1-16(2)20-12-21(23(27)13-22(20)26)24-29-30(3)25(33-15-17-6-5-11-28-14-17)31(24)18-7-9-19(32-4)10-8-18/h5-14,16,20,22,24-25,29H,15,26-27H2,1-4H3. The molecule has 1 saturated heterocycles. The van der Waals surface area contributed by atoms with Crippen molar-refractivity contribution < 1.29 is 4.74 Å². The second-order valence-corrected chi connectivity index (χ2v) is 9.93. The summed E-state index contributed by atoms with van der Waals surface area (Å²) in [7, 11) is 3.76. The van der Waals surface area contributed by atoms with Crippen LogP contribution in [0, 0.1) is 11.8 Å². The molecule has 2 heterocycles. The lowest BCUT2D eigenvalue weighted by atomic mass is 9.82. The van der Waals surface area contributed by atoms with E-state index in [9.17, 15) is 0 Å². The number of thioether (sulfide) groups is 1. The minimum absolute atomic E-state index is 0.0467. The van der Waals surface area contributed by atoms with Crippen LogP contribution in [-0.2, 0) is 5.75 Å². The molecule has 7 nitrogen and oxygen atoms in total. The largest absolute Gasteiger partial charge is 0.497 e. The van der Waals surface area contributed by atoms with Gasteiger partial charge in [-0.3, -0.25) is 4.98 Å². The molecule has 1 aliphatic carbocycles. The van der Waals surface area contributed by atoms with Crippen molar-refractivity contribution in [2.45, 2.75) is 37.3 Å². The lowest BCUT2D eigenvalue weighted by molar-refractivity contribution is 0.282. The summed E-state index contributed by atoms with van der Waals surface area (Å²) in [6, 6.07) is 12.2. The van der Waals surface area contributed by atoms with Gasteiger partial charge in [-0.05, 0) is 53.8 Å². The number of rotatable bonds is 7. The van der Waals surface area contributed by atoms with E-state index in [1.54, 1.807) is 13.3 Å². The average Bonchev–Trinajstić information content (AvgIpc) is 3.14. The third kappa shape index (κ3) is 5.04. The van der Waals surface area contributed by atoms with Crippen molar-refractivity contribution in [3.8, 4) is 5.75 Å². The van der Waals surface area contributed by atoms with E-state index in [1.165, 1.54) is 5.56 Å². The highest BCUT2D eigenvalue weighted by atomic mass is 32.2. The van der Waals surface area contributed by atoms with Gasteiger partial charge < -0.3 is 21.1 Å². The van der Waals surface area contributed by atoms with Crippen LogP contribution < -0.4 is 26.5 Å². The van der Waals surface area contributed by atoms with Crippen LogP contribution in [0.5, 0.6) is 5.75 Å². The molecule has 4 atom stereocenters. The zero-order chi connectivity index (χ0) is 23.5. The molecule has 1 aromatic heterocycles. The molecule has 1 aliphatic heterocycles. The third-order valence-corrected chi connectivity index (χ3v) is 7.59. The number of ether oxygens (including phenoxy) is 1. The molecule has 33 heavy (non-hydrogen) atoms. The number of methoxy groups -OCH3 is 1. The van der Waals surface area contributed by atoms with Crippen molar-refractivity contribution in [2.75, 3.05) is 19.1 Å². The molecular formula is C25H34N6OS. The number of aromatic nitrogens is 1. The SMILES string of the molecule is COc1ccc(N2C(C3=CC(C(C)C)C(N)C=C3N)NN(C)C2SCc2cccnc2)cc1. The first-order valence-corrected chi connectivity index (χ1v) is 12.3. The molecule has 0 radical (unpaired) electrons. The maximum Gasteiger partial charge on any atom is 0.145 e. The zero-order valence-corrected chi connectivity index (χ0v) is 20.5. The van der Waals surface area contributed by atoms with Gasteiger partial charge in [-0.25, -0.2) is 10.4 Å². The van der Waals surface area contributed by atoms with Crippen LogP contribution in [0.2, 0.25) is 0 Å². The molecule has 1 fully saturated rings. The van der Waals surface area contributed by atoms with Crippen LogP contribution in [0.15, 0.2) is 72.2 Å². The monoisotopic (exact) mass is 466 g/mol. The van der Waals surface area contributed by atoms with Gasteiger partial charge in [0.2, 0.25) is 0 Å². The van der Waals surface area contributed by atoms with Crippen LogP contribution in [-0.4, -0.2) is 41.9 Å². The third-order valence-electron chi connectivity index (χ3n) is 6.25. The smallest absolute Gasteiger partial charge is 0.145 e.